The molecule has 1 aliphatic heterocycles. The predicted octanol–water partition coefficient (Wildman–Crippen LogP) is -0.0245. The second kappa shape index (κ2) is 5.93. The minimum atomic E-state index is 0.361. The Labute approximate surface area is 94.9 Å². The van der Waals surface area contributed by atoms with Crippen LogP contribution in [0.25, 0.3) is 0 Å². The third kappa shape index (κ3) is 3.01. The van der Waals surface area contributed by atoms with E-state index in [4.69, 9.17) is 9.47 Å². The molecule has 6 heteroatoms. The van der Waals surface area contributed by atoms with Crippen LogP contribution in [-0.4, -0.2) is 48.5 Å². The van der Waals surface area contributed by atoms with E-state index in [-0.39, 0.29) is 0 Å². The Morgan fingerprint density at radius 3 is 3.38 bits per heavy atom. The Bertz CT molecular complexity index is 310. The third-order valence-corrected chi connectivity index (χ3v) is 2.63. The normalized spacial score (nSPS) is 20.4. The molecule has 0 spiro atoms. The summed E-state index contributed by atoms with van der Waals surface area (Å²) in [4.78, 5) is 0. The number of methoxy groups -OCH3 is 1. The van der Waals surface area contributed by atoms with Gasteiger partial charge < -0.3 is 14.8 Å². The van der Waals surface area contributed by atoms with Gasteiger partial charge in [0.25, 0.3) is 0 Å². The van der Waals surface area contributed by atoms with Gasteiger partial charge in [-0.3, -0.25) is 0 Å². The molecule has 1 aromatic rings. The summed E-state index contributed by atoms with van der Waals surface area (Å²) in [5, 5.41) is 11.5. The molecule has 0 saturated carbocycles. The highest BCUT2D eigenvalue weighted by atomic mass is 16.5. The molecular formula is C10H18N4O2. The molecule has 1 saturated heterocycles. The molecule has 90 valence electrons. The van der Waals surface area contributed by atoms with Gasteiger partial charge in [0.05, 0.1) is 31.1 Å². The van der Waals surface area contributed by atoms with E-state index in [2.05, 4.69) is 15.6 Å². The van der Waals surface area contributed by atoms with Crippen molar-refractivity contribution >= 4 is 0 Å². The zero-order valence-electron chi connectivity index (χ0n) is 9.56. The van der Waals surface area contributed by atoms with E-state index in [0.717, 1.165) is 38.4 Å². The average molecular weight is 226 g/mol. The Kier molecular flexibility index (Phi) is 4.26. The first-order valence-electron chi connectivity index (χ1n) is 5.58. The fourth-order valence-corrected chi connectivity index (χ4v) is 1.69. The topological polar surface area (TPSA) is 61.2 Å². The molecule has 2 heterocycles. The first-order chi connectivity index (χ1) is 7.90. The van der Waals surface area contributed by atoms with Crippen LogP contribution in [0.4, 0.5) is 0 Å². The number of nitrogens with one attached hydrogen (secondary N) is 1. The van der Waals surface area contributed by atoms with Gasteiger partial charge >= 0.3 is 0 Å². The van der Waals surface area contributed by atoms with E-state index in [9.17, 15) is 0 Å². The summed E-state index contributed by atoms with van der Waals surface area (Å²) in [5.74, 6) is 0. The predicted molar refractivity (Wildman–Crippen MR) is 58.1 cm³/mol. The number of hydrogen-bond donors (Lipinski definition) is 1. The van der Waals surface area contributed by atoms with E-state index in [0.29, 0.717) is 12.6 Å². The molecule has 1 fully saturated rings. The number of hydrogen-bond acceptors (Lipinski definition) is 5. The van der Waals surface area contributed by atoms with E-state index >= 15 is 0 Å². The van der Waals surface area contributed by atoms with Crippen LogP contribution in [0.5, 0.6) is 0 Å². The van der Waals surface area contributed by atoms with Crippen LogP contribution < -0.4 is 5.32 Å². The molecule has 1 unspecified atom stereocenters. The summed E-state index contributed by atoms with van der Waals surface area (Å²) in [7, 11) is 1.69. The highest BCUT2D eigenvalue weighted by Crippen LogP contribution is 2.17. The minimum Gasteiger partial charge on any atom is -0.383 e. The van der Waals surface area contributed by atoms with Crippen LogP contribution in [0.3, 0.4) is 0 Å². The number of nitrogens with zero attached hydrogens (tertiary/aromatic N) is 3. The van der Waals surface area contributed by atoms with Crippen LogP contribution in [0, 0.1) is 0 Å². The summed E-state index contributed by atoms with van der Waals surface area (Å²) >= 11 is 0. The molecule has 1 aromatic heterocycles. The quantitative estimate of drug-likeness (QED) is 0.690. The van der Waals surface area contributed by atoms with Crippen LogP contribution in [-0.2, 0) is 16.0 Å². The number of aromatic nitrogens is 3. The molecule has 0 radical (unpaired) electrons. The lowest BCUT2D eigenvalue weighted by atomic mass is 10.3. The molecule has 6 nitrogen and oxygen atoms in total. The largest absolute Gasteiger partial charge is 0.383 e. The fraction of sp³-hybridized carbons (Fsp3) is 0.800. The highest BCUT2D eigenvalue weighted by Gasteiger charge is 2.18. The van der Waals surface area contributed by atoms with E-state index in [1.807, 2.05) is 10.9 Å². The maximum Gasteiger partial charge on any atom is 0.0965 e. The summed E-state index contributed by atoms with van der Waals surface area (Å²) in [6, 6.07) is 0.361. The minimum absolute atomic E-state index is 0.361. The van der Waals surface area contributed by atoms with Crippen LogP contribution >= 0.6 is 0 Å². The highest BCUT2D eigenvalue weighted by molar-refractivity contribution is 4.93. The molecule has 1 aliphatic rings. The first-order valence-corrected chi connectivity index (χ1v) is 5.58. The second-order valence-electron chi connectivity index (χ2n) is 3.88. The SMILES string of the molecule is COCCNCc1cn(C2CCOC2)nn1. The maximum atomic E-state index is 5.31. The molecular weight excluding hydrogens is 208 g/mol. The van der Waals surface area contributed by atoms with Gasteiger partial charge in [-0.15, -0.1) is 5.10 Å². The Morgan fingerprint density at radius 1 is 1.69 bits per heavy atom. The second-order valence-corrected chi connectivity index (χ2v) is 3.88. The lowest BCUT2D eigenvalue weighted by Crippen LogP contribution is -2.18. The number of rotatable bonds is 6. The van der Waals surface area contributed by atoms with Gasteiger partial charge in [0.15, 0.2) is 0 Å². The molecule has 0 aromatic carbocycles. The van der Waals surface area contributed by atoms with Gasteiger partial charge in [0.2, 0.25) is 0 Å². The molecule has 1 atom stereocenters. The Balaban J connectivity index is 1.77. The molecule has 0 aliphatic carbocycles. The summed E-state index contributed by atoms with van der Waals surface area (Å²) in [6.07, 6.45) is 3.01. The van der Waals surface area contributed by atoms with Gasteiger partial charge in [0.1, 0.15) is 0 Å². The van der Waals surface area contributed by atoms with Crippen LogP contribution in [0.1, 0.15) is 18.2 Å². The smallest absolute Gasteiger partial charge is 0.0965 e. The molecule has 2 rings (SSSR count). The molecule has 1 N–H and O–H groups in total. The lowest BCUT2D eigenvalue weighted by Gasteiger charge is -2.05. The monoisotopic (exact) mass is 226 g/mol. The average Bonchev–Trinajstić information content (AvgIpc) is 2.94. The zero-order valence-corrected chi connectivity index (χ0v) is 9.56. The van der Waals surface area contributed by atoms with Gasteiger partial charge in [-0.25, -0.2) is 4.68 Å². The lowest BCUT2D eigenvalue weighted by molar-refractivity contribution is 0.184. The van der Waals surface area contributed by atoms with Gasteiger partial charge in [-0.1, -0.05) is 5.21 Å². The molecule has 0 bridgehead atoms. The van der Waals surface area contributed by atoms with Crippen molar-refractivity contribution in [1.82, 2.24) is 20.3 Å². The van der Waals surface area contributed by atoms with E-state index in [1.165, 1.54) is 0 Å². The standard InChI is InChI=1S/C10H18N4O2/c1-15-5-3-11-6-9-7-14(13-12-9)10-2-4-16-8-10/h7,10-11H,2-6,8H2,1H3. The zero-order chi connectivity index (χ0) is 11.2. The van der Waals surface area contributed by atoms with Crippen molar-refractivity contribution in [1.29, 1.82) is 0 Å². The van der Waals surface area contributed by atoms with Gasteiger partial charge in [0, 0.05) is 26.8 Å². The third-order valence-electron chi connectivity index (χ3n) is 2.63. The summed E-state index contributed by atoms with van der Waals surface area (Å²) < 4.78 is 12.2. The van der Waals surface area contributed by atoms with Crippen LogP contribution in [0.15, 0.2) is 6.20 Å². The number of ether oxygens (including phenoxy) is 2. The Hall–Kier alpha value is -0.980. The molecule has 16 heavy (non-hydrogen) atoms. The van der Waals surface area contributed by atoms with Crippen molar-refractivity contribution < 1.29 is 9.47 Å². The summed E-state index contributed by atoms with van der Waals surface area (Å²) in [6.45, 7) is 3.85. The first kappa shape index (κ1) is 11.5. The van der Waals surface area contributed by atoms with Crippen molar-refractivity contribution in [2.45, 2.75) is 19.0 Å². The van der Waals surface area contributed by atoms with Crippen LogP contribution in [0.2, 0.25) is 0 Å². The summed E-state index contributed by atoms with van der Waals surface area (Å²) in [5.41, 5.74) is 0.961. The van der Waals surface area contributed by atoms with Crippen molar-refractivity contribution in [3.63, 3.8) is 0 Å². The van der Waals surface area contributed by atoms with Gasteiger partial charge in [-0.05, 0) is 6.42 Å². The fourth-order valence-electron chi connectivity index (χ4n) is 1.69. The molecule has 0 amide bonds. The van der Waals surface area contributed by atoms with Crippen molar-refractivity contribution in [3.8, 4) is 0 Å². The van der Waals surface area contributed by atoms with Crippen molar-refractivity contribution in [3.05, 3.63) is 11.9 Å². The van der Waals surface area contributed by atoms with Crippen molar-refractivity contribution in [2.75, 3.05) is 33.5 Å². The Morgan fingerprint density at radius 2 is 2.62 bits per heavy atom. The maximum absolute atomic E-state index is 5.31. The van der Waals surface area contributed by atoms with Crippen molar-refractivity contribution in [2.24, 2.45) is 0 Å². The van der Waals surface area contributed by atoms with E-state index < -0.39 is 0 Å². The van der Waals surface area contributed by atoms with E-state index in [1.54, 1.807) is 7.11 Å². The van der Waals surface area contributed by atoms with Gasteiger partial charge in [-0.2, -0.15) is 0 Å².